The molecule has 156 valence electrons. The Labute approximate surface area is 173 Å². The van der Waals surface area contributed by atoms with Crippen LogP contribution in [0.15, 0.2) is 10.8 Å². The molecule has 1 aromatic heterocycles. The summed E-state index contributed by atoms with van der Waals surface area (Å²) < 4.78 is 4.60. The Hall–Kier alpha value is -2.10. The zero-order chi connectivity index (χ0) is 20.0. The number of likely N-dealkylation sites (tertiary alicyclic amines) is 1. The summed E-state index contributed by atoms with van der Waals surface area (Å²) in [6.45, 7) is 2.50. The fourth-order valence-corrected chi connectivity index (χ4v) is 6.43. The lowest BCUT2D eigenvalue weighted by Crippen LogP contribution is -2.69. The van der Waals surface area contributed by atoms with Crippen LogP contribution in [0.5, 0.6) is 0 Å². The number of piperidine rings is 3. The van der Waals surface area contributed by atoms with E-state index in [1.807, 2.05) is 21.6 Å². The number of nitrogens with zero attached hydrogens (tertiary/aromatic N) is 5. The largest absolute Gasteiger partial charge is 0.339 e. The standard InChI is InChI=1S/C19H25N5O4S/c25-16-3-1-2-15-12-8-13(11-23(10-12)18(26)14-9-20-28-21-14)17(24(15)16)19(27)22-4-6-29-7-5-22/h9,12-13,15,17H,1-8,10-11H2/t12-,13+,15-,17+/m0/s1. The molecule has 1 aromatic rings. The van der Waals surface area contributed by atoms with Crippen LogP contribution < -0.4 is 0 Å². The third-order valence-electron chi connectivity index (χ3n) is 6.78. The van der Waals surface area contributed by atoms with E-state index in [0.717, 1.165) is 43.9 Å². The highest BCUT2D eigenvalue weighted by molar-refractivity contribution is 7.99. The summed E-state index contributed by atoms with van der Waals surface area (Å²) in [6, 6.07) is -0.426. The van der Waals surface area contributed by atoms with E-state index in [2.05, 4.69) is 14.9 Å². The number of fused-ring (bicyclic) bond motifs is 4. The van der Waals surface area contributed by atoms with Gasteiger partial charge in [0.25, 0.3) is 5.91 Å². The topological polar surface area (TPSA) is 99.8 Å². The van der Waals surface area contributed by atoms with Gasteiger partial charge in [-0.2, -0.15) is 11.8 Å². The third kappa shape index (κ3) is 3.31. The van der Waals surface area contributed by atoms with Crippen LogP contribution in [-0.4, -0.2) is 92.5 Å². The average molecular weight is 420 g/mol. The van der Waals surface area contributed by atoms with Crippen LogP contribution >= 0.6 is 11.8 Å². The molecule has 0 unspecified atom stereocenters. The van der Waals surface area contributed by atoms with Gasteiger partial charge in [-0.15, -0.1) is 0 Å². The van der Waals surface area contributed by atoms with Gasteiger partial charge >= 0.3 is 0 Å². The first-order valence-corrected chi connectivity index (χ1v) is 11.5. The summed E-state index contributed by atoms with van der Waals surface area (Å²) in [7, 11) is 0. The molecule has 0 radical (unpaired) electrons. The minimum Gasteiger partial charge on any atom is -0.339 e. The molecule has 5 heterocycles. The molecule has 4 saturated heterocycles. The predicted molar refractivity (Wildman–Crippen MR) is 104 cm³/mol. The summed E-state index contributed by atoms with van der Waals surface area (Å²) >= 11 is 1.86. The van der Waals surface area contributed by atoms with Crippen LogP contribution in [0.4, 0.5) is 0 Å². The second-order valence-electron chi connectivity index (χ2n) is 8.40. The van der Waals surface area contributed by atoms with Crippen molar-refractivity contribution in [3.63, 3.8) is 0 Å². The minimum absolute atomic E-state index is 0.0339. The van der Waals surface area contributed by atoms with Gasteiger partial charge in [-0.1, -0.05) is 5.16 Å². The van der Waals surface area contributed by atoms with Crippen molar-refractivity contribution in [2.45, 2.75) is 37.8 Å². The highest BCUT2D eigenvalue weighted by Gasteiger charge is 2.53. The quantitative estimate of drug-likeness (QED) is 0.688. The molecule has 0 aliphatic carbocycles. The van der Waals surface area contributed by atoms with Gasteiger partial charge in [0.1, 0.15) is 12.2 Å². The zero-order valence-corrected chi connectivity index (χ0v) is 17.1. The molecule has 5 rings (SSSR count). The zero-order valence-electron chi connectivity index (χ0n) is 16.2. The number of amides is 3. The predicted octanol–water partition coefficient (Wildman–Crippen LogP) is 0.487. The Balaban J connectivity index is 1.44. The molecule has 4 aliphatic heterocycles. The Morgan fingerprint density at radius 2 is 1.93 bits per heavy atom. The molecule has 9 nitrogen and oxygen atoms in total. The number of aromatic nitrogens is 2. The van der Waals surface area contributed by atoms with Gasteiger partial charge < -0.3 is 14.7 Å². The van der Waals surface area contributed by atoms with Gasteiger partial charge in [-0.3, -0.25) is 14.4 Å². The Morgan fingerprint density at radius 3 is 2.69 bits per heavy atom. The fourth-order valence-electron chi connectivity index (χ4n) is 5.53. The molecule has 0 spiro atoms. The van der Waals surface area contributed by atoms with Gasteiger partial charge in [-0.25, -0.2) is 4.63 Å². The molecule has 4 aliphatic rings. The number of carbonyl (C=O) groups excluding carboxylic acids is 3. The van der Waals surface area contributed by atoms with Gasteiger partial charge in [0, 0.05) is 56.1 Å². The molecular weight excluding hydrogens is 394 g/mol. The fraction of sp³-hybridized carbons (Fsp3) is 0.737. The van der Waals surface area contributed by atoms with Gasteiger partial charge in [0.15, 0.2) is 5.69 Å². The molecule has 29 heavy (non-hydrogen) atoms. The molecule has 0 saturated carbocycles. The van der Waals surface area contributed by atoms with Crippen LogP contribution in [0.2, 0.25) is 0 Å². The SMILES string of the molecule is O=C(c1cnon1)N1C[C@@H]2C[C@H](C1)[C@H](C(=O)N1CCSCC1)N1C(=O)CCC[C@@H]21. The van der Waals surface area contributed by atoms with E-state index in [0.29, 0.717) is 19.5 Å². The van der Waals surface area contributed by atoms with Crippen LogP contribution in [0.25, 0.3) is 0 Å². The van der Waals surface area contributed by atoms with E-state index in [4.69, 9.17) is 0 Å². The number of rotatable bonds is 2. The lowest BCUT2D eigenvalue weighted by molar-refractivity contribution is -0.164. The molecule has 10 heteroatoms. The molecule has 4 fully saturated rings. The monoisotopic (exact) mass is 419 g/mol. The van der Waals surface area contributed by atoms with E-state index in [1.165, 1.54) is 6.20 Å². The first kappa shape index (κ1) is 18.9. The van der Waals surface area contributed by atoms with E-state index >= 15 is 0 Å². The first-order chi connectivity index (χ1) is 14.1. The highest BCUT2D eigenvalue weighted by atomic mass is 32.2. The van der Waals surface area contributed by atoms with Crippen LogP contribution in [0.1, 0.15) is 36.2 Å². The van der Waals surface area contributed by atoms with Gasteiger partial charge in [0.2, 0.25) is 11.8 Å². The molecule has 0 aromatic carbocycles. The van der Waals surface area contributed by atoms with Crippen molar-refractivity contribution >= 4 is 29.5 Å². The highest BCUT2D eigenvalue weighted by Crippen LogP contribution is 2.42. The Bertz CT molecular complexity index is 797. The molecule has 4 atom stereocenters. The van der Waals surface area contributed by atoms with E-state index < -0.39 is 6.04 Å². The Kier molecular flexibility index (Phi) is 4.97. The Morgan fingerprint density at radius 1 is 1.14 bits per heavy atom. The van der Waals surface area contributed by atoms with Gasteiger partial charge in [0.05, 0.1) is 0 Å². The van der Waals surface area contributed by atoms with Crippen molar-refractivity contribution < 1.29 is 19.0 Å². The number of carbonyl (C=O) groups is 3. The molecule has 2 bridgehead atoms. The average Bonchev–Trinajstić information content (AvgIpc) is 3.29. The summed E-state index contributed by atoms with van der Waals surface area (Å²) in [5.41, 5.74) is 0.192. The third-order valence-corrected chi connectivity index (χ3v) is 7.73. The number of hydrogen-bond acceptors (Lipinski definition) is 7. The van der Waals surface area contributed by atoms with E-state index in [1.54, 1.807) is 4.90 Å². The van der Waals surface area contributed by atoms with Crippen LogP contribution in [-0.2, 0) is 9.59 Å². The molecular formula is C19H25N5O4S. The lowest BCUT2D eigenvalue weighted by Gasteiger charge is -2.56. The second-order valence-corrected chi connectivity index (χ2v) is 9.63. The smallest absolute Gasteiger partial charge is 0.277 e. The number of thioether (sulfide) groups is 1. The van der Waals surface area contributed by atoms with Crippen molar-refractivity contribution in [1.29, 1.82) is 0 Å². The van der Waals surface area contributed by atoms with Crippen LogP contribution in [0.3, 0.4) is 0 Å². The van der Waals surface area contributed by atoms with Crippen molar-refractivity contribution in [2.75, 3.05) is 37.7 Å². The van der Waals surface area contributed by atoms with Crippen molar-refractivity contribution in [1.82, 2.24) is 25.0 Å². The minimum atomic E-state index is -0.460. The van der Waals surface area contributed by atoms with E-state index in [9.17, 15) is 14.4 Å². The first-order valence-electron chi connectivity index (χ1n) is 10.4. The van der Waals surface area contributed by atoms with Gasteiger partial charge in [-0.05, 0) is 30.3 Å². The second kappa shape index (κ2) is 7.62. The molecule has 3 amide bonds. The molecule has 0 N–H and O–H groups in total. The lowest BCUT2D eigenvalue weighted by atomic mass is 9.71. The maximum absolute atomic E-state index is 13.5. The summed E-state index contributed by atoms with van der Waals surface area (Å²) in [5, 5.41) is 7.23. The summed E-state index contributed by atoms with van der Waals surface area (Å²) in [5.74, 6) is 1.98. The van der Waals surface area contributed by atoms with Crippen molar-refractivity contribution in [2.24, 2.45) is 11.8 Å². The summed E-state index contributed by atoms with van der Waals surface area (Å²) in [6.07, 6.45) is 4.48. The summed E-state index contributed by atoms with van der Waals surface area (Å²) in [4.78, 5) is 44.9. The normalized spacial score (nSPS) is 32.1. The van der Waals surface area contributed by atoms with Crippen molar-refractivity contribution in [3.05, 3.63) is 11.9 Å². The maximum Gasteiger partial charge on any atom is 0.277 e. The van der Waals surface area contributed by atoms with E-state index in [-0.39, 0.29) is 41.3 Å². The van der Waals surface area contributed by atoms with Crippen molar-refractivity contribution in [3.8, 4) is 0 Å². The maximum atomic E-state index is 13.5. The number of hydrogen-bond donors (Lipinski definition) is 0. The van der Waals surface area contributed by atoms with Crippen LogP contribution in [0, 0.1) is 11.8 Å².